The second kappa shape index (κ2) is 5.69. The Labute approximate surface area is 115 Å². The van der Waals surface area contributed by atoms with E-state index in [2.05, 4.69) is 21.2 Å². The van der Waals surface area contributed by atoms with Gasteiger partial charge in [-0.3, -0.25) is 0 Å². The van der Waals surface area contributed by atoms with E-state index in [1.165, 1.54) is 0 Å². The van der Waals surface area contributed by atoms with Gasteiger partial charge in [-0.2, -0.15) is 0 Å². The standard InChI is InChI=1S/C13H17BrFNO2/c1-8-9(5-6-10(14)11(8)15)7-16-12(17)18-13(2,3)4/h5-6H,7H2,1-4H3,(H,16,17). The molecule has 1 aromatic carbocycles. The van der Waals surface area contributed by atoms with Crippen molar-refractivity contribution in [3.05, 3.63) is 33.5 Å². The van der Waals surface area contributed by atoms with E-state index in [0.29, 0.717) is 10.0 Å². The molecule has 0 unspecified atom stereocenters. The molecule has 3 nitrogen and oxygen atoms in total. The molecule has 0 heterocycles. The van der Waals surface area contributed by atoms with E-state index in [-0.39, 0.29) is 12.4 Å². The number of ether oxygens (including phenoxy) is 1. The highest BCUT2D eigenvalue weighted by molar-refractivity contribution is 9.10. The van der Waals surface area contributed by atoms with Gasteiger partial charge in [0.25, 0.3) is 0 Å². The topological polar surface area (TPSA) is 38.3 Å². The molecule has 1 N–H and O–H groups in total. The molecule has 0 saturated heterocycles. The Kier molecular flexibility index (Phi) is 4.73. The van der Waals surface area contributed by atoms with Crippen LogP contribution in [0.5, 0.6) is 0 Å². The normalized spacial score (nSPS) is 11.2. The number of rotatable bonds is 2. The van der Waals surface area contributed by atoms with E-state index in [1.807, 2.05) is 0 Å². The van der Waals surface area contributed by atoms with Crippen molar-refractivity contribution in [1.29, 1.82) is 0 Å². The van der Waals surface area contributed by atoms with Crippen molar-refractivity contribution in [2.45, 2.75) is 39.8 Å². The minimum absolute atomic E-state index is 0.241. The highest BCUT2D eigenvalue weighted by atomic mass is 79.9. The van der Waals surface area contributed by atoms with Gasteiger partial charge in [0.15, 0.2) is 0 Å². The molecular formula is C13H17BrFNO2. The van der Waals surface area contributed by atoms with E-state index in [0.717, 1.165) is 5.56 Å². The Morgan fingerprint density at radius 1 is 1.44 bits per heavy atom. The Bertz CT molecular complexity index is 455. The monoisotopic (exact) mass is 317 g/mol. The van der Waals surface area contributed by atoms with Crippen LogP contribution in [0.3, 0.4) is 0 Å². The molecule has 0 aromatic heterocycles. The first-order valence-electron chi connectivity index (χ1n) is 5.61. The molecule has 100 valence electrons. The number of carbonyl (C=O) groups excluding carboxylic acids is 1. The third-order valence-corrected chi connectivity index (χ3v) is 2.89. The van der Waals surface area contributed by atoms with E-state index < -0.39 is 11.7 Å². The van der Waals surface area contributed by atoms with Crippen LogP contribution in [0.15, 0.2) is 16.6 Å². The predicted octanol–water partition coefficient (Wildman–Crippen LogP) is 3.92. The van der Waals surface area contributed by atoms with Crippen LogP contribution >= 0.6 is 15.9 Å². The number of hydrogen-bond donors (Lipinski definition) is 1. The number of benzene rings is 1. The van der Waals surface area contributed by atoms with E-state index in [4.69, 9.17) is 4.74 Å². The Hall–Kier alpha value is -1.10. The van der Waals surface area contributed by atoms with E-state index in [9.17, 15) is 9.18 Å². The summed E-state index contributed by atoms with van der Waals surface area (Å²) in [4.78, 5) is 11.5. The van der Waals surface area contributed by atoms with Crippen molar-refractivity contribution in [2.24, 2.45) is 0 Å². The molecule has 0 spiro atoms. The van der Waals surface area contributed by atoms with Gasteiger partial charge in [0.05, 0.1) is 4.47 Å². The second-order valence-electron chi connectivity index (χ2n) is 5.00. The quantitative estimate of drug-likeness (QED) is 0.897. The van der Waals surface area contributed by atoms with Crippen LogP contribution in [0.4, 0.5) is 9.18 Å². The average Bonchev–Trinajstić information content (AvgIpc) is 2.22. The summed E-state index contributed by atoms with van der Waals surface area (Å²) < 4.78 is 19.1. The SMILES string of the molecule is Cc1c(CNC(=O)OC(C)(C)C)ccc(Br)c1F. The van der Waals surface area contributed by atoms with Crippen LogP contribution in [0, 0.1) is 12.7 Å². The van der Waals surface area contributed by atoms with Gasteiger partial charge in [0.1, 0.15) is 11.4 Å². The number of halogens is 2. The number of alkyl carbamates (subject to hydrolysis) is 1. The molecule has 18 heavy (non-hydrogen) atoms. The zero-order chi connectivity index (χ0) is 13.9. The zero-order valence-electron chi connectivity index (χ0n) is 10.9. The molecular weight excluding hydrogens is 301 g/mol. The summed E-state index contributed by atoms with van der Waals surface area (Å²) >= 11 is 3.11. The largest absolute Gasteiger partial charge is 0.444 e. The fourth-order valence-electron chi connectivity index (χ4n) is 1.37. The van der Waals surface area contributed by atoms with Crippen molar-refractivity contribution >= 4 is 22.0 Å². The lowest BCUT2D eigenvalue weighted by atomic mass is 10.1. The van der Waals surface area contributed by atoms with Gasteiger partial charge in [0.2, 0.25) is 0 Å². The van der Waals surface area contributed by atoms with Gasteiger partial charge < -0.3 is 10.1 Å². The average molecular weight is 318 g/mol. The van der Waals surface area contributed by atoms with Crippen LogP contribution in [0.25, 0.3) is 0 Å². The third kappa shape index (κ3) is 4.29. The molecule has 1 amide bonds. The minimum Gasteiger partial charge on any atom is -0.444 e. The van der Waals surface area contributed by atoms with Crippen molar-refractivity contribution in [3.8, 4) is 0 Å². The summed E-state index contributed by atoms with van der Waals surface area (Å²) in [5.74, 6) is -0.307. The maximum absolute atomic E-state index is 13.6. The molecule has 0 aliphatic heterocycles. The smallest absolute Gasteiger partial charge is 0.407 e. The molecule has 0 atom stereocenters. The lowest BCUT2D eigenvalue weighted by molar-refractivity contribution is 0.0523. The molecule has 5 heteroatoms. The summed E-state index contributed by atoms with van der Waals surface area (Å²) in [7, 11) is 0. The van der Waals surface area contributed by atoms with Crippen LogP contribution in [-0.4, -0.2) is 11.7 Å². The maximum atomic E-state index is 13.6. The van der Waals surface area contributed by atoms with Crippen molar-refractivity contribution in [1.82, 2.24) is 5.32 Å². The van der Waals surface area contributed by atoms with Gasteiger partial charge >= 0.3 is 6.09 Å². The summed E-state index contributed by atoms with van der Waals surface area (Å²) in [5.41, 5.74) is 0.700. The van der Waals surface area contributed by atoms with E-state index in [1.54, 1.807) is 39.8 Å². The lowest BCUT2D eigenvalue weighted by Crippen LogP contribution is -2.32. The number of nitrogens with one attached hydrogen (secondary N) is 1. The van der Waals surface area contributed by atoms with Crippen molar-refractivity contribution in [2.75, 3.05) is 0 Å². The van der Waals surface area contributed by atoms with Crippen LogP contribution in [-0.2, 0) is 11.3 Å². The van der Waals surface area contributed by atoms with Crippen LogP contribution in [0.1, 0.15) is 31.9 Å². The van der Waals surface area contributed by atoms with Gasteiger partial charge in [-0.05, 0) is 60.8 Å². The van der Waals surface area contributed by atoms with Crippen molar-refractivity contribution < 1.29 is 13.9 Å². The number of hydrogen-bond acceptors (Lipinski definition) is 2. The van der Waals surface area contributed by atoms with Gasteiger partial charge in [-0.15, -0.1) is 0 Å². The second-order valence-corrected chi connectivity index (χ2v) is 5.86. The molecule has 0 radical (unpaired) electrons. The van der Waals surface area contributed by atoms with Crippen LogP contribution < -0.4 is 5.32 Å². The Morgan fingerprint density at radius 3 is 2.61 bits per heavy atom. The highest BCUT2D eigenvalue weighted by Gasteiger charge is 2.16. The molecule has 1 rings (SSSR count). The maximum Gasteiger partial charge on any atom is 0.407 e. The molecule has 0 aliphatic rings. The van der Waals surface area contributed by atoms with Gasteiger partial charge in [-0.25, -0.2) is 9.18 Å². The van der Waals surface area contributed by atoms with Gasteiger partial charge in [-0.1, -0.05) is 6.07 Å². The highest BCUT2D eigenvalue weighted by Crippen LogP contribution is 2.21. The fraction of sp³-hybridized carbons (Fsp3) is 0.462. The molecule has 0 saturated carbocycles. The summed E-state index contributed by atoms with van der Waals surface area (Å²) in [6.45, 7) is 7.28. The summed E-state index contributed by atoms with van der Waals surface area (Å²) in [5, 5.41) is 2.60. The lowest BCUT2D eigenvalue weighted by Gasteiger charge is -2.20. The first kappa shape index (κ1) is 15.0. The summed E-state index contributed by atoms with van der Waals surface area (Å²) in [6.07, 6.45) is -0.509. The predicted molar refractivity (Wildman–Crippen MR) is 71.9 cm³/mol. The van der Waals surface area contributed by atoms with Gasteiger partial charge in [0, 0.05) is 6.54 Å². The number of carbonyl (C=O) groups is 1. The molecule has 1 aromatic rings. The number of amides is 1. The Balaban J connectivity index is 2.65. The zero-order valence-corrected chi connectivity index (χ0v) is 12.5. The summed E-state index contributed by atoms with van der Waals surface area (Å²) in [6, 6.07) is 3.38. The van der Waals surface area contributed by atoms with Crippen molar-refractivity contribution in [3.63, 3.8) is 0 Å². The minimum atomic E-state index is -0.538. The third-order valence-electron chi connectivity index (χ3n) is 2.27. The first-order chi connectivity index (χ1) is 8.20. The Morgan fingerprint density at radius 2 is 2.06 bits per heavy atom. The van der Waals surface area contributed by atoms with E-state index >= 15 is 0 Å². The molecule has 0 bridgehead atoms. The molecule has 0 aliphatic carbocycles. The van der Waals surface area contributed by atoms with Crippen LogP contribution in [0.2, 0.25) is 0 Å². The molecule has 0 fully saturated rings. The fourth-order valence-corrected chi connectivity index (χ4v) is 1.79. The first-order valence-corrected chi connectivity index (χ1v) is 6.40.